The van der Waals surface area contributed by atoms with Gasteiger partial charge in [-0.2, -0.15) is 0 Å². The molecule has 1 aromatic heterocycles. The van der Waals surface area contributed by atoms with Gasteiger partial charge in [0.2, 0.25) is 5.91 Å². The largest absolute Gasteiger partial charge is 0.366 e. The van der Waals surface area contributed by atoms with E-state index in [-0.39, 0.29) is 0 Å². The fourth-order valence-corrected chi connectivity index (χ4v) is 4.10. The van der Waals surface area contributed by atoms with Crippen LogP contribution in [0.1, 0.15) is 41.3 Å². The second-order valence-electron chi connectivity index (χ2n) is 7.32. The Morgan fingerprint density at radius 2 is 1.82 bits per heavy atom. The molecule has 1 amide bonds. The predicted octanol–water partition coefficient (Wildman–Crippen LogP) is 6.37. The van der Waals surface area contributed by atoms with Crippen molar-refractivity contribution in [3.63, 3.8) is 0 Å². The number of hydrogen-bond donors (Lipinski definition) is 1. The summed E-state index contributed by atoms with van der Waals surface area (Å²) in [5, 5.41) is 3.18. The number of amides is 1. The molecule has 0 spiro atoms. The predicted molar refractivity (Wildman–Crippen MR) is 118 cm³/mol. The highest BCUT2D eigenvalue weighted by atomic mass is 35.5. The Bertz CT molecular complexity index is 1220. The quantitative estimate of drug-likeness (QED) is 0.417. The molecular weight excluding hydrogens is 391 g/mol. The zero-order valence-electron chi connectivity index (χ0n) is 15.7. The first-order valence-electron chi connectivity index (χ1n) is 9.15. The molecule has 2 N–H and O–H groups in total. The molecule has 1 heterocycles. The van der Waals surface area contributed by atoms with Crippen LogP contribution in [0.25, 0.3) is 21.8 Å². The summed E-state index contributed by atoms with van der Waals surface area (Å²) in [6.45, 7) is 4.87. The molecule has 142 valence electrons. The van der Waals surface area contributed by atoms with E-state index in [0.29, 0.717) is 28.1 Å². The van der Waals surface area contributed by atoms with Gasteiger partial charge < -0.3 is 10.3 Å². The summed E-state index contributed by atoms with van der Waals surface area (Å²) < 4.78 is 2.18. The number of rotatable bonds is 4. The maximum atomic E-state index is 12.1. The first-order chi connectivity index (χ1) is 13.4. The van der Waals surface area contributed by atoms with Crippen molar-refractivity contribution in [1.29, 1.82) is 0 Å². The van der Waals surface area contributed by atoms with Gasteiger partial charge >= 0.3 is 0 Å². The molecule has 0 bridgehead atoms. The standard InChI is InChI=1S/C23H20Cl2N2O/c1-13(2)14-6-8-17-21(11-14)27(12-15-10-16(24)7-9-19(15)25)20-5-3-4-18(22(17)20)23(26)28/h3-11,13H,12H2,1-2H3,(H2,26,28). The third kappa shape index (κ3) is 3.15. The fourth-order valence-electron chi connectivity index (χ4n) is 3.73. The third-order valence-electron chi connectivity index (χ3n) is 5.18. The van der Waals surface area contributed by atoms with Crippen LogP contribution in [0.15, 0.2) is 54.6 Å². The number of halogens is 2. The van der Waals surface area contributed by atoms with Crippen molar-refractivity contribution in [1.82, 2.24) is 4.57 Å². The lowest BCUT2D eigenvalue weighted by atomic mass is 10.00. The van der Waals surface area contributed by atoms with E-state index >= 15 is 0 Å². The number of primary amides is 1. The van der Waals surface area contributed by atoms with Gasteiger partial charge in [-0.1, -0.05) is 55.2 Å². The molecule has 0 aliphatic carbocycles. The Balaban J connectivity index is 2.06. The average Bonchev–Trinajstić information content (AvgIpc) is 2.98. The summed E-state index contributed by atoms with van der Waals surface area (Å²) in [5.41, 5.74) is 10.3. The third-order valence-corrected chi connectivity index (χ3v) is 5.79. The van der Waals surface area contributed by atoms with E-state index in [1.807, 2.05) is 24.3 Å². The molecule has 0 aliphatic heterocycles. The molecular formula is C23H20Cl2N2O. The Labute approximate surface area is 173 Å². The van der Waals surface area contributed by atoms with Gasteiger partial charge in [-0.3, -0.25) is 4.79 Å². The molecule has 3 aromatic carbocycles. The van der Waals surface area contributed by atoms with Crippen molar-refractivity contribution in [2.75, 3.05) is 0 Å². The van der Waals surface area contributed by atoms with Crippen molar-refractivity contribution in [2.45, 2.75) is 26.3 Å². The van der Waals surface area contributed by atoms with Crippen molar-refractivity contribution in [3.8, 4) is 0 Å². The Hall–Kier alpha value is -2.49. The zero-order valence-corrected chi connectivity index (χ0v) is 17.2. The smallest absolute Gasteiger partial charge is 0.249 e. The second kappa shape index (κ2) is 7.16. The van der Waals surface area contributed by atoms with E-state index in [4.69, 9.17) is 28.9 Å². The van der Waals surface area contributed by atoms with Crippen LogP contribution in [0.2, 0.25) is 10.0 Å². The monoisotopic (exact) mass is 410 g/mol. The number of hydrogen-bond acceptors (Lipinski definition) is 1. The van der Waals surface area contributed by atoms with Crippen LogP contribution in [-0.2, 0) is 6.54 Å². The van der Waals surface area contributed by atoms with E-state index in [9.17, 15) is 4.79 Å². The Morgan fingerprint density at radius 1 is 1.04 bits per heavy atom. The minimum atomic E-state index is -0.432. The van der Waals surface area contributed by atoms with Crippen LogP contribution in [0.5, 0.6) is 0 Å². The number of carbonyl (C=O) groups excluding carboxylic acids is 1. The highest BCUT2D eigenvalue weighted by Crippen LogP contribution is 2.35. The molecule has 0 fully saturated rings. The van der Waals surface area contributed by atoms with E-state index in [1.54, 1.807) is 12.1 Å². The van der Waals surface area contributed by atoms with Gasteiger partial charge in [0.15, 0.2) is 0 Å². The SMILES string of the molecule is CC(C)c1ccc2c3c(C(N)=O)cccc3n(Cc3cc(Cl)ccc3Cl)c2c1. The maximum Gasteiger partial charge on any atom is 0.249 e. The summed E-state index contributed by atoms with van der Waals surface area (Å²) in [5.74, 6) is -0.0420. The summed E-state index contributed by atoms with van der Waals surface area (Å²) in [6.07, 6.45) is 0. The van der Waals surface area contributed by atoms with Crippen LogP contribution < -0.4 is 5.73 Å². The number of fused-ring (bicyclic) bond motifs is 3. The maximum absolute atomic E-state index is 12.1. The number of nitrogens with two attached hydrogens (primary N) is 1. The minimum Gasteiger partial charge on any atom is -0.366 e. The van der Waals surface area contributed by atoms with Crippen LogP contribution in [-0.4, -0.2) is 10.5 Å². The first-order valence-corrected chi connectivity index (χ1v) is 9.91. The summed E-state index contributed by atoms with van der Waals surface area (Å²) >= 11 is 12.6. The molecule has 5 heteroatoms. The highest BCUT2D eigenvalue weighted by Gasteiger charge is 2.18. The van der Waals surface area contributed by atoms with Crippen LogP contribution in [0.3, 0.4) is 0 Å². The summed E-state index contributed by atoms with van der Waals surface area (Å²) in [6, 6.07) is 17.5. The molecule has 4 aromatic rings. The van der Waals surface area contributed by atoms with Gasteiger partial charge in [-0.25, -0.2) is 0 Å². The first kappa shape index (κ1) is 18.9. The fraction of sp³-hybridized carbons (Fsp3) is 0.174. The molecule has 0 saturated carbocycles. The highest BCUT2D eigenvalue weighted by molar-refractivity contribution is 6.33. The molecule has 4 rings (SSSR count). The van der Waals surface area contributed by atoms with Crippen molar-refractivity contribution < 1.29 is 4.79 Å². The summed E-state index contributed by atoms with van der Waals surface area (Å²) in [4.78, 5) is 12.1. The van der Waals surface area contributed by atoms with Crippen LogP contribution >= 0.6 is 23.2 Å². The topological polar surface area (TPSA) is 48.0 Å². The average molecular weight is 411 g/mol. The summed E-state index contributed by atoms with van der Waals surface area (Å²) in [7, 11) is 0. The molecule has 28 heavy (non-hydrogen) atoms. The van der Waals surface area contributed by atoms with Gasteiger partial charge in [0.05, 0.1) is 5.52 Å². The normalized spacial score (nSPS) is 11.6. The molecule has 3 nitrogen and oxygen atoms in total. The van der Waals surface area contributed by atoms with Gasteiger partial charge in [0.25, 0.3) is 0 Å². The lowest BCUT2D eigenvalue weighted by Crippen LogP contribution is -2.11. The van der Waals surface area contributed by atoms with Gasteiger partial charge in [0.1, 0.15) is 0 Å². The molecule has 0 unspecified atom stereocenters. The van der Waals surface area contributed by atoms with Crippen LogP contribution in [0.4, 0.5) is 0 Å². The van der Waals surface area contributed by atoms with E-state index in [1.165, 1.54) is 5.56 Å². The number of carbonyl (C=O) groups is 1. The van der Waals surface area contributed by atoms with Crippen molar-refractivity contribution in [3.05, 3.63) is 81.3 Å². The number of nitrogens with zero attached hydrogens (tertiary/aromatic N) is 1. The molecule has 0 atom stereocenters. The lowest BCUT2D eigenvalue weighted by Gasteiger charge is -2.11. The van der Waals surface area contributed by atoms with Gasteiger partial charge in [-0.05, 0) is 53.4 Å². The van der Waals surface area contributed by atoms with E-state index in [2.05, 4.69) is 36.6 Å². The second-order valence-corrected chi connectivity index (χ2v) is 8.16. The molecule has 0 aliphatic rings. The van der Waals surface area contributed by atoms with Crippen molar-refractivity contribution in [2.24, 2.45) is 5.73 Å². The number of aromatic nitrogens is 1. The van der Waals surface area contributed by atoms with Crippen LogP contribution in [0, 0.1) is 0 Å². The number of benzene rings is 3. The van der Waals surface area contributed by atoms with Gasteiger partial charge in [0, 0.05) is 38.4 Å². The van der Waals surface area contributed by atoms with Crippen molar-refractivity contribution >= 4 is 50.9 Å². The van der Waals surface area contributed by atoms with E-state index in [0.717, 1.165) is 27.4 Å². The van der Waals surface area contributed by atoms with Gasteiger partial charge in [-0.15, -0.1) is 0 Å². The Kier molecular flexibility index (Phi) is 4.82. The Morgan fingerprint density at radius 3 is 2.54 bits per heavy atom. The molecule has 0 saturated heterocycles. The zero-order chi connectivity index (χ0) is 20.0. The lowest BCUT2D eigenvalue weighted by molar-refractivity contribution is 0.100. The van der Waals surface area contributed by atoms with E-state index < -0.39 is 5.91 Å². The minimum absolute atomic E-state index is 0.390. The molecule has 0 radical (unpaired) electrons.